The number of benzene rings is 1. The first-order valence-electron chi connectivity index (χ1n) is 5.89. The fourth-order valence-electron chi connectivity index (χ4n) is 1.70. The molecule has 2 aromatic rings. The summed E-state index contributed by atoms with van der Waals surface area (Å²) >= 11 is 0. The van der Waals surface area contributed by atoms with Crippen LogP contribution in [0.2, 0.25) is 0 Å². The Kier molecular flexibility index (Phi) is 3.63. The molecule has 0 spiro atoms. The first-order valence-corrected chi connectivity index (χ1v) is 5.89. The van der Waals surface area contributed by atoms with Crippen molar-refractivity contribution in [1.29, 1.82) is 5.26 Å². The Morgan fingerprint density at radius 2 is 1.94 bits per heavy atom. The van der Waals surface area contributed by atoms with Crippen LogP contribution in [-0.4, -0.2) is 18.2 Å². The van der Waals surface area contributed by atoms with E-state index in [1.165, 1.54) is 0 Å². The number of nitrogens with zero attached hydrogens (tertiary/aromatic N) is 2. The number of nitriles is 1. The van der Waals surface area contributed by atoms with Gasteiger partial charge in [-0.3, -0.25) is 0 Å². The average Bonchev–Trinajstić information content (AvgIpc) is 2.39. The Hall–Kier alpha value is -2.28. The van der Waals surface area contributed by atoms with Gasteiger partial charge in [0.1, 0.15) is 0 Å². The Balaban J connectivity index is 2.57. The zero-order chi connectivity index (χ0) is 13.0. The van der Waals surface area contributed by atoms with E-state index in [-0.39, 0.29) is 0 Å². The summed E-state index contributed by atoms with van der Waals surface area (Å²) in [6, 6.07) is 9.35. The number of aromatic nitrogens is 1. The van der Waals surface area contributed by atoms with Gasteiger partial charge < -0.3 is 9.47 Å². The SMILES string of the molecule is CCOc1cc2ccc(C#N)cc2nc1OCC. The van der Waals surface area contributed by atoms with E-state index in [1.54, 1.807) is 12.1 Å². The maximum absolute atomic E-state index is 8.87. The highest BCUT2D eigenvalue weighted by atomic mass is 16.5. The van der Waals surface area contributed by atoms with E-state index in [2.05, 4.69) is 11.1 Å². The molecule has 0 fully saturated rings. The van der Waals surface area contributed by atoms with Crippen LogP contribution in [0.4, 0.5) is 0 Å². The van der Waals surface area contributed by atoms with Gasteiger partial charge in [0, 0.05) is 5.39 Å². The van der Waals surface area contributed by atoms with Crippen molar-refractivity contribution >= 4 is 10.9 Å². The predicted molar refractivity (Wildman–Crippen MR) is 68.8 cm³/mol. The summed E-state index contributed by atoms with van der Waals surface area (Å²) < 4.78 is 11.0. The van der Waals surface area contributed by atoms with Crippen molar-refractivity contribution in [3.05, 3.63) is 29.8 Å². The van der Waals surface area contributed by atoms with Gasteiger partial charge in [-0.25, -0.2) is 4.98 Å². The molecule has 0 saturated carbocycles. The van der Waals surface area contributed by atoms with E-state index in [0.29, 0.717) is 30.4 Å². The second-order valence-electron chi connectivity index (χ2n) is 3.68. The molecule has 4 heteroatoms. The second kappa shape index (κ2) is 5.37. The van der Waals surface area contributed by atoms with Crippen LogP contribution < -0.4 is 9.47 Å². The van der Waals surface area contributed by atoms with Crippen LogP contribution in [0.1, 0.15) is 19.4 Å². The van der Waals surface area contributed by atoms with Crippen molar-refractivity contribution in [2.24, 2.45) is 0 Å². The van der Waals surface area contributed by atoms with Gasteiger partial charge >= 0.3 is 0 Å². The van der Waals surface area contributed by atoms with Crippen molar-refractivity contribution in [3.63, 3.8) is 0 Å². The van der Waals surface area contributed by atoms with Gasteiger partial charge in [0.05, 0.1) is 30.4 Å². The lowest BCUT2D eigenvalue weighted by atomic mass is 10.1. The van der Waals surface area contributed by atoms with Crippen molar-refractivity contribution < 1.29 is 9.47 Å². The molecular weight excluding hydrogens is 228 g/mol. The molecule has 1 heterocycles. The zero-order valence-electron chi connectivity index (χ0n) is 10.4. The standard InChI is InChI=1S/C14H14N2O2/c1-3-17-13-8-11-6-5-10(9-15)7-12(11)16-14(13)18-4-2/h5-8H,3-4H2,1-2H3. The zero-order valence-corrected chi connectivity index (χ0v) is 10.4. The summed E-state index contributed by atoms with van der Waals surface area (Å²) in [6.07, 6.45) is 0. The van der Waals surface area contributed by atoms with Gasteiger partial charge in [-0.2, -0.15) is 5.26 Å². The molecule has 18 heavy (non-hydrogen) atoms. The maximum atomic E-state index is 8.87. The molecule has 0 atom stereocenters. The van der Waals surface area contributed by atoms with Crippen molar-refractivity contribution in [2.45, 2.75) is 13.8 Å². The highest BCUT2D eigenvalue weighted by Gasteiger charge is 2.09. The summed E-state index contributed by atoms with van der Waals surface area (Å²) in [5.74, 6) is 1.11. The Bertz CT molecular complexity index is 603. The van der Waals surface area contributed by atoms with E-state index >= 15 is 0 Å². The van der Waals surface area contributed by atoms with E-state index in [9.17, 15) is 0 Å². The molecule has 0 aliphatic carbocycles. The first-order chi connectivity index (χ1) is 8.78. The van der Waals surface area contributed by atoms with Crippen LogP contribution in [-0.2, 0) is 0 Å². The van der Waals surface area contributed by atoms with Gasteiger partial charge in [-0.05, 0) is 32.0 Å². The van der Waals surface area contributed by atoms with Crippen LogP contribution in [0, 0.1) is 11.3 Å². The minimum absolute atomic E-state index is 0.474. The molecule has 0 bridgehead atoms. The summed E-state index contributed by atoms with van der Waals surface area (Å²) in [5, 5.41) is 9.81. The van der Waals surface area contributed by atoms with Crippen LogP contribution in [0.25, 0.3) is 10.9 Å². The number of hydrogen-bond donors (Lipinski definition) is 0. The fourth-order valence-corrected chi connectivity index (χ4v) is 1.70. The lowest BCUT2D eigenvalue weighted by Crippen LogP contribution is -2.00. The van der Waals surface area contributed by atoms with Gasteiger partial charge in [-0.15, -0.1) is 0 Å². The van der Waals surface area contributed by atoms with Gasteiger partial charge in [-0.1, -0.05) is 6.07 Å². The highest BCUT2D eigenvalue weighted by molar-refractivity contribution is 5.82. The molecule has 92 valence electrons. The van der Waals surface area contributed by atoms with Crippen molar-refractivity contribution in [1.82, 2.24) is 4.98 Å². The Labute approximate surface area is 106 Å². The topological polar surface area (TPSA) is 55.1 Å². The van der Waals surface area contributed by atoms with Crippen LogP contribution >= 0.6 is 0 Å². The molecule has 4 nitrogen and oxygen atoms in total. The van der Waals surface area contributed by atoms with E-state index in [0.717, 1.165) is 10.9 Å². The minimum atomic E-state index is 0.474. The van der Waals surface area contributed by atoms with Crippen molar-refractivity contribution in [3.8, 4) is 17.7 Å². The molecule has 1 aromatic carbocycles. The van der Waals surface area contributed by atoms with Gasteiger partial charge in [0.15, 0.2) is 5.75 Å². The molecule has 0 saturated heterocycles. The summed E-state index contributed by atoms with van der Waals surface area (Å²) in [7, 11) is 0. The monoisotopic (exact) mass is 242 g/mol. The van der Waals surface area contributed by atoms with Crippen LogP contribution in [0.5, 0.6) is 11.6 Å². The summed E-state index contributed by atoms with van der Waals surface area (Å²) in [4.78, 5) is 4.39. The summed E-state index contributed by atoms with van der Waals surface area (Å²) in [6.45, 7) is 4.89. The Morgan fingerprint density at radius 1 is 1.17 bits per heavy atom. The number of pyridine rings is 1. The molecule has 0 unspecified atom stereocenters. The Morgan fingerprint density at radius 3 is 2.61 bits per heavy atom. The van der Waals surface area contributed by atoms with Gasteiger partial charge in [0.25, 0.3) is 5.88 Å². The third-order valence-electron chi connectivity index (χ3n) is 2.46. The molecule has 0 amide bonds. The molecule has 0 N–H and O–H groups in total. The third kappa shape index (κ3) is 2.35. The number of ether oxygens (including phenoxy) is 2. The summed E-state index contributed by atoms with van der Waals surface area (Å²) in [5.41, 5.74) is 1.32. The van der Waals surface area contributed by atoms with Gasteiger partial charge in [0.2, 0.25) is 0 Å². The smallest absolute Gasteiger partial charge is 0.257 e. The predicted octanol–water partition coefficient (Wildman–Crippen LogP) is 2.90. The third-order valence-corrected chi connectivity index (χ3v) is 2.46. The van der Waals surface area contributed by atoms with Crippen LogP contribution in [0.3, 0.4) is 0 Å². The lowest BCUT2D eigenvalue weighted by molar-refractivity contribution is 0.279. The normalized spacial score (nSPS) is 10.1. The second-order valence-corrected chi connectivity index (χ2v) is 3.68. The fraction of sp³-hybridized carbons (Fsp3) is 0.286. The molecular formula is C14H14N2O2. The molecule has 1 aromatic heterocycles. The number of rotatable bonds is 4. The maximum Gasteiger partial charge on any atom is 0.257 e. The molecule has 2 rings (SSSR count). The molecule has 0 radical (unpaired) electrons. The largest absolute Gasteiger partial charge is 0.488 e. The van der Waals surface area contributed by atoms with Crippen molar-refractivity contribution in [2.75, 3.05) is 13.2 Å². The number of hydrogen-bond acceptors (Lipinski definition) is 4. The van der Waals surface area contributed by atoms with Crippen LogP contribution in [0.15, 0.2) is 24.3 Å². The average molecular weight is 242 g/mol. The van der Waals surface area contributed by atoms with E-state index in [4.69, 9.17) is 14.7 Å². The number of fused-ring (bicyclic) bond motifs is 1. The lowest BCUT2D eigenvalue weighted by Gasteiger charge is -2.10. The first kappa shape index (κ1) is 12.2. The van der Waals surface area contributed by atoms with E-state index in [1.807, 2.05) is 26.0 Å². The molecule has 0 aliphatic rings. The van der Waals surface area contributed by atoms with E-state index < -0.39 is 0 Å². The highest BCUT2D eigenvalue weighted by Crippen LogP contribution is 2.29. The molecule has 0 aliphatic heterocycles. The quantitative estimate of drug-likeness (QED) is 0.827. The minimum Gasteiger partial charge on any atom is -0.488 e.